The molecule has 5 nitrogen and oxygen atoms in total. The van der Waals surface area contributed by atoms with Crippen LogP contribution < -0.4 is 0 Å². The molecule has 2 aromatic heterocycles. The fourth-order valence-electron chi connectivity index (χ4n) is 1.60. The van der Waals surface area contributed by atoms with Crippen LogP contribution in [0.15, 0.2) is 37.1 Å². The van der Waals surface area contributed by atoms with Crippen molar-refractivity contribution in [3.8, 4) is 0 Å². The summed E-state index contributed by atoms with van der Waals surface area (Å²) in [6, 6.07) is 1.33. The number of esters is 1. The first kappa shape index (κ1) is 13.9. The third-order valence-electron chi connectivity index (χ3n) is 2.53. The summed E-state index contributed by atoms with van der Waals surface area (Å²) in [6.45, 7) is 2.34. The van der Waals surface area contributed by atoms with Crippen molar-refractivity contribution in [2.75, 3.05) is 6.61 Å². The van der Waals surface area contributed by atoms with Crippen LogP contribution in [-0.2, 0) is 16.1 Å². The van der Waals surface area contributed by atoms with Crippen molar-refractivity contribution in [3.63, 3.8) is 0 Å². The molecule has 20 heavy (non-hydrogen) atoms. The maximum absolute atomic E-state index is 13.9. The van der Waals surface area contributed by atoms with E-state index in [1.165, 1.54) is 24.4 Å². The fourth-order valence-corrected chi connectivity index (χ4v) is 1.60. The van der Waals surface area contributed by atoms with E-state index in [0.717, 1.165) is 0 Å². The molecule has 2 rings (SSSR count). The van der Waals surface area contributed by atoms with Crippen LogP contribution in [0.5, 0.6) is 0 Å². The topological polar surface area (TPSA) is 57.0 Å². The van der Waals surface area contributed by atoms with Crippen molar-refractivity contribution >= 4 is 12.0 Å². The normalized spacial score (nSPS) is 10.9. The summed E-state index contributed by atoms with van der Waals surface area (Å²) in [6.07, 6.45) is 9.16. The molecule has 0 aliphatic carbocycles. The number of imidazole rings is 1. The predicted octanol–water partition coefficient (Wildman–Crippen LogP) is 2.04. The van der Waals surface area contributed by atoms with E-state index in [2.05, 4.69) is 9.97 Å². The van der Waals surface area contributed by atoms with Crippen molar-refractivity contribution in [2.24, 2.45) is 0 Å². The number of ether oxygens (including phenoxy) is 1. The molecular weight excluding hydrogens is 261 g/mol. The van der Waals surface area contributed by atoms with Gasteiger partial charge in [-0.3, -0.25) is 4.98 Å². The lowest BCUT2D eigenvalue weighted by atomic mass is 10.2. The first-order valence-corrected chi connectivity index (χ1v) is 6.14. The molecule has 104 valence electrons. The SMILES string of the molecule is CCOC(=O)/C=C/c1cnc(Cn2ccnc2)c(F)c1. The van der Waals surface area contributed by atoms with Crippen LogP contribution >= 0.6 is 0 Å². The maximum Gasteiger partial charge on any atom is 0.330 e. The summed E-state index contributed by atoms with van der Waals surface area (Å²) in [5.41, 5.74) is 0.821. The van der Waals surface area contributed by atoms with Gasteiger partial charge in [-0.2, -0.15) is 0 Å². The number of hydrogen-bond donors (Lipinski definition) is 0. The fraction of sp³-hybridized carbons (Fsp3) is 0.214. The minimum Gasteiger partial charge on any atom is -0.463 e. The standard InChI is InChI=1S/C14H14FN3O2/c1-2-20-14(19)4-3-11-7-12(15)13(17-8-11)9-18-6-5-16-10-18/h3-8,10H,2,9H2,1H3/b4-3+. The molecule has 6 heteroatoms. The Hall–Kier alpha value is -2.50. The number of nitrogens with zero attached hydrogens (tertiary/aromatic N) is 3. The van der Waals surface area contributed by atoms with Crippen LogP contribution in [-0.4, -0.2) is 27.1 Å². The number of carbonyl (C=O) groups is 1. The molecule has 0 unspecified atom stereocenters. The first-order chi connectivity index (χ1) is 9.69. The summed E-state index contributed by atoms with van der Waals surface area (Å²) < 4.78 is 20.3. The zero-order valence-electron chi connectivity index (χ0n) is 11.0. The van der Waals surface area contributed by atoms with Crippen LogP contribution in [0.1, 0.15) is 18.2 Å². The van der Waals surface area contributed by atoms with E-state index in [4.69, 9.17) is 4.74 Å². The highest BCUT2D eigenvalue weighted by Crippen LogP contribution is 2.10. The molecule has 2 heterocycles. The van der Waals surface area contributed by atoms with Gasteiger partial charge in [0.05, 0.1) is 25.2 Å². The number of carbonyl (C=O) groups excluding carboxylic acids is 1. The largest absolute Gasteiger partial charge is 0.463 e. The van der Waals surface area contributed by atoms with E-state index >= 15 is 0 Å². The van der Waals surface area contributed by atoms with Crippen LogP contribution in [0, 0.1) is 5.82 Å². The van der Waals surface area contributed by atoms with Crippen molar-refractivity contribution in [1.82, 2.24) is 14.5 Å². The molecule has 0 amide bonds. The second kappa shape index (κ2) is 6.60. The Balaban J connectivity index is 2.07. The van der Waals surface area contributed by atoms with Gasteiger partial charge in [0, 0.05) is 24.7 Å². The molecular formula is C14H14FN3O2. The van der Waals surface area contributed by atoms with Gasteiger partial charge in [-0.05, 0) is 24.6 Å². The van der Waals surface area contributed by atoms with E-state index in [0.29, 0.717) is 24.4 Å². The van der Waals surface area contributed by atoms with Crippen LogP contribution in [0.2, 0.25) is 0 Å². The summed E-state index contributed by atoms with van der Waals surface area (Å²) in [4.78, 5) is 19.1. The Bertz CT molecular complexity index is 609. The highest BCUT2D eigenvalue weighted by molar-refractivity contribution is 5.86. The van der Waals surface area contributed by atoms with Crippen molar-refractivity contribution in [2.45, 2.75) is 13.5 Å². The average molecular weight is 275 g/mol. The molecule has 0 saturated heterocycles. The quantitative estimate of drug-likeness (QED) is 0.619. The van der Waals surface area contributed by atoms with Crippen molar-refractivity contribution < 1.29 is 13.9 Å². The van der Waals surface area contributed by atoms with Crippen molar-refractivity contribution in [3.05, 3.63) is 54.1 Å². The second-order valence-electron chi connectivity index (χ2n) is 4.02. The maximum atomic E-state index is 13.9. The first-order valence-electron chi connectivity index (χ1n) is 6.14. The van der Waals surface area contributed by atoms with Gasteiger partial charge in [-0.25, -0.2) is 14.2 Å². The highest BCUT2D eigenvalue weighted by atomic mass is 19.1. The van der Waals surface area contributed by atoms with Gasteiger partial charge in [0.1, 0.15) is 5.82 Å². The minimum absolute atomic E-state index is 0.305. The van der Waals surface area contributed by atoms with Crippen LogP contribution in [0.3, 0.4) is 0 Å². The third-order valence-corrected chi connectivity index (χ3v) is 2.53. The minimum atomic E-state index is -0.463. The van der Waals surface area contributed by atoms with E-state index in [-0.39, 0.29) is 0 Å². The monoisotopic (exact) mass is 275 g/mol. The van der Waals surface area contributed by atoms with Gasteiger partial charge >= 0.3 is 5.97 Å². The summed E-state index contributed by atoms with van der Waals surface area (Å²) in [5.74, 6) is -0.889. The Morgan fingerprint density at radius 3 is 3.05 bits per heavy atom. The Labute approximate surface area is 115 Å². The van der Waals surface area contributed by atoms with Gasteiger partial charge < -0.3 is 9.30 Å². The van der Waals surface area contributed by atoms with Gasteiger partial charge in [0.2, 0.25) is 0 Å². The van der Waals surface area contributed by atoms with E-state index in [1.807, 2.05) is 0 Å². The Kier molecular flexibility index (Phi) is 4.60. The summed E-state index contributed by atoms with van der Waals surface area (Å²) in [5, 5.41) is 0. The molecule has 0 saturated carbocycles. The zero-order chi connectivity index (χ0) is 14.4. The van der Waals surface area contributed by atoms with E-state index < -0.39 is 11.8 Å². The van der Waals surface area contributed by atoms with Gasteiger partial charge in [0.25, 0.3) is 0 Å². The number of halogens is 1. The summed E-state index contributed by atoms with van der Waals surface area (Å²) in [7, 11) is 0. The molecule has 0 bridgehead atoms. The zero-order valence-corrected chi connectivity index (χ0v) is 11.0. The number of pyridine rings is 1. The Morgan fingerprint density at radius 1 is 1.55 bits per heavy atom. The third kappa shape index (κ3) is 3.74. The number of rotatable bonds is 5. The molecule has 2 aromatic rings. The Morgan fingerprint density at radius 2 is 2.40 bits per heavy atom. The molecule has 0 aliphatic heterocycles. The van der Waals surface area contributed by atoms with Crippen LogP contribution in [0.25, 0.3) is 6.08 Å². The van der Waals surface area contributed by atoms with Crippen LogP contribution in [0.4, 0.5) is 4.39 Å². The number of hydrogen-bond acceptors (Lipinski definition) is 4. The van der Waals surface area contributed by atoms with Gasteiger partial charge in [-0.15, -0.1) is 0 Å². The van der Waals surface area contributed by atoms with Gasteiger partial charge in [-0.1, -0.05) is 0 Å². The summed E-state index contributed by atoms with van der Waals surface area (Å²) >= 11 is 0. The molecule has 0 atom stereocenters. The molecule has 0 aliphatic rings. The second-order valence-corrected chi connectivity index (χ2v) is 4.02. The van der Waals surface area contributed by atoms with E-state index in [9.17, 15) is 9.18 Å². The van der Waals surface area contributed by atoms with E-state index in [1.54, 1.807) is 30.2 Å². The lowest BCUT2D eigenvalue weighted by Crippen LogP contribution is -2.03. The molecule has 0 N–H and O–H groups in total. The number of aromatic nitrogens is 3. The average Bonchev–Trinajstić information content (AvgIpc) is 2.92. The molecule has 0 aromatic carbocycles. The molecule has 0 radical (unpaired) electrons. The smallest absolute Gasteiger partial charge is 0.330 e. The lowest BCUT2D eigenvalue weighted by molar-refractivity contribution is -0.137. The predicted molar refractivity (Wildman–Crippen MR) is 71.2 cm³/mol. The molecule has 0 spiro atoms. The molecule has 0 fully saturated rings. The van der Waals surface area contributed by atoms with Gasteiger partial charge in [0.15, 0.2) is 0 Å². The van der Waals surface area contributed by atoms with Crippen molar-refractivity contribution in [1.29, 1.82) is 0 Å². The highest BCUT2D eigenvalue weighted by Gasteiger charge is 2.05. The lowest BCUT2D eigenvalue weighted by Gasteiger charge is -2.04.